The van der Waals surface area contributed by atoms with Crippen molar-refractivity contribution in [2.75, 3.05) is 10.5 Å². The summed E-state index contributed by atoms with van der Waals surface area (Å²) in [7, 11) is -4.14. The topological polar surface area (TPSA) is 128 Å². The van der Waals surface area contributed by atoms with Crippen molar-refractivity contribution in [3.63, 3.8) is 0 Å². The Labute approximate surface area is 124 Å². The molecule has 1 aromatic carbocycles. The number of aromatic nitrogens is 1. The van der Waals surface area contributed by atoms with E-state index < -0.39 is 25.5 Å². The van der Waals surface area contributed by atoms with E-state index in [4.69, 9.17) is 5.73 Å². The Balaban J connectivity index is 2.50. The van der Waals surface area contributed by atoms with Crippen LogP contribution in [0.3, 0.4) is 0 Å². The second-order valence-electron chi connectivity index (χ2n) is 4.22. The molecule has 1 heterocycles. The van der Waals surface area contributed by atoms with Gasteiger partial charge in [-0.25, -0.2) is 13.4 Å². The molecule has 1 aromatic heterocycles. The highest BCUT2D eigenvalue weighted by atomic mass is 32.2. The minimum Gasteiger partial charge on any atom is -0.393 e. The van der Waals surface area contributed by atoms with Crippen LogP contribution in [0.4, 0.5) is 16.5 Å². The van der Waals surface area contributed by atoms with Crippen LogP contribution in [-0.2, 0) is 10.0 Å². The van der Waals surface area contributed by atoms with E-state index in [-0.39, 0.29) is 10.8 Å². The number of nitrogen functional groups attached to an aromatic ring is 1. The first-order chi connectivity index (χ1) is 9.72. The van der Waals surface area contributed by atoms with E-state index in [0.717, 1.165) is 22.3 Å². The molecule has 21 heavy (non-hydrogen) atoms. The summed E-state index contributed by atoms with van der Waals surface area (Å²) >= 11 is 1.15. The summed E-state index contributed by atoms with van der Waals surface area (Å²) in [5.74, 6) is 0. The van der Waals surface area contributed by atoms with Gasteiger partial charge in [0.1, 0.15) is 5.69 Å². The number of nitrogens with one attached hydrogen (secondary N) is 1. The van der Waals surface area contributed by atoms with Crippen LogP contribution < -0.4 is 10.5 Å². The molecule has 0 aliphatic heterocycles. The van der Waals surface area contributed by atoms with Gasteiger partial charge in [-0.2, -0.15) is 0 Å². The molecule has 0 amide bonds. The lowest BCUT2D eigenvalue weighted by molar-refractivity contribution is -0.386. The Hall–Kier alpha value is -2.20. The zero-order chi connectivity index (χ0) is 15.8. The number of para-hydroxylation sites is 1. The van der Waals surface area contributed by atoms with Crippen molar-refractivity contribution in [3.8, 4) is 0 Å². The van der Waals surface area contributed by atoms with Crippen molar-refractivity contribution in [3.05, 3.63) is 38.9 Å². The molecule has 0 radical (unpaired) electrons. The Bertz CT molecular complexity index is 794. The predicted octanol–water partition coefficient (Wildman–Crippen LogP) is 2.05. The van der Waals surface area contributed by atoms with E-state index in [1.165, 1.54) is 12.1 Å². The van der Waals surface area contributed by atoms with Gasteiger partial charge in [0, 0.05) is 4.88 Å². The summed E-state index contributed by atoms with van der Waals surface area (Å²) < 4.78 is 26.8. The summed E-state index contributed by atoms with van der Waals surface area (Å²) in [4.78, 5) is 14.6. The molecular formula is C11H12N4O4S2. The molecule has 0 spiro atoms. The van der Waals surface area contributed by atoms with Crippen LogP contribution in [0.1, 0.15) is 10.6 Å². The van der Waals surface area contributed by atoms with Crippen LogP contribution in [-0.4, -0.2) is 18.3 Å². The number of nitrogens with two attached hydrogens (primary N) is 1. The third kappa shape index (κ3) is 2.95. The SMILES string of the molecule is Cc1nc(NS(=O)(=O)c2cccc(N)c2[N+](=O)[O-])sc1C. The van der Waals surface area contributed by atoms with Gasteiger partial charge in [0.2, 0.25) is 0 Å². The number of anilines is 2. The van der Waals surface area contributed by atoms with Crippen molar-refractivity contribution in [1.82, 2.24) is 4.98 Å². The van der Waals surface area contributed by atoms with Crippen molar-refractivity contribution >= 4 is 37.9 Å². The highest BCUT2D eigenvalue weighted by Gasteiger charge is 2.28. The fraction of sp³-hybridized carbons (Fsp3) is 0.182. The van der Waals surface area contributed by atoms with Gasteiger partial charge in [-0.15, -0.1) is 11.3 Å². The molecule has 0 bridgehead atoms. The number of aryl methyl sites for hydroxylation is 2. The Morgan fingerprint density at radius 3 is 2.57 bits per heavy atom. The number of thiazole rings is 1. The minimum absolute atomic E-state index is 0.154. The first kappa shape index (κ1) is 15.2. The maximum absolute atomic E-state index is 12.3. The molecule has 0 aliphatic rings. The second-order valence-corrected chi connectivity index (χ2v) is 7.07. The lowest BCUT2D eigenvalue weighted by Crippen LogP contribution is -2.15. The van der Waals surface area contributed by atoms with Crippen molar-refractivity contribution < 1.29 is 13.3 Å². The number of nitro benzene ring substituents is 1. The van der Waals surface area contributed by atoms with Gasteiger partial charge in [0.05, 0.1) is 10.6 Å². The molecule has 8 nitrogen and oxygen atoms in total. The zero-order valence-corrected chi connectivity index (χ0v) is 12.8. The lowest BCUT2D eigenvalue weighted by atomic mass is 10.3. The van der Waals surface area contributed by atoms with E-state index in [1.807, 2.05) is 0 Å². The number of sulfonamides is 1. The number of nitro groups is 1. The Morgan fingerprint density at radius 1 is 1.38 bits per heavy atom. The highest BCUT2D eigenvalue weighted by molar-refractivity contribution is 7.93. The molecule has 2 aromatic rings. The maximum atomic E-state index is 12.3. The molecule has 112 valence electrons. The van der Waals surface area contributed by atoms with Crippen LogP contribution in [0.2, 0.25) is 0 Å². The zero-order valence-electron chi connectivity index (χ0n) is 11.2. The quantitative estimate of drug-likeness (QED) is 0.502. The third-order valence-electron chi connectivity index (χ3n) is 2.75. The summed E-state index contributed by atoms with van der Waals surface area (Å²) in [6, 6.07) is 3.74. The second kappa shape index (κ2) is 5.30. The van der Waals surface area contributed by atoms with Gasteiger partial charge in [-0.05, 0) is 26.0 Å². The largest absolute Gasteiger partial charge is 0.393 e. The Kier molecular flexibility index (Phi) is 3.83. The normalized spacial score (nSPS) is 11.3. The van der Waals surface area contributed by atoms with Crippen LogP contribution in [0, 0.1) is 24.0 Å². The van der Waals surface area contributed by atoms with Crippen LogP contribution >= 0.6 is 11.3 Å². The van der Waals surface area contributed by atoms with E-state index in [1.54, 1.807) is 13.8 Å². The summed E-state index contributed by atoms with van der Waals surface area (Å²) in [5, 5.41) is 11.2. The summed E-state index contributed by atoms with van der Waals surface area (Å²) in [5.41, 5.74) is 5.33. The van der Waals surface area contributed by atoms with Crippen LogP contribution in [0.15, 0.2) is 23.1 Å². The molecule has 10 heteroatoms. The maximum Gasteiger partial charge on any atom is 0.312 e. The monoisotopic (exact) mass is 328 g/mol. The van der Waals surface area contributed by atoms with Gasteiger partial charge < -0.3 is 5.73 Å². The molecule has 0 fully saturated rings. The number of rotatable bonds is 4. The number of benzene rings is 1. The fourth-order valence-corrected chi connectivity index (χ4v) is 3.89. The molecular weight excluding hydrogens is 316 g/mol. The van der Waals surface area contributed by atoms with Gasteiger partial charge >= 0.3 is 5.69 Å². The average molecular weight is 328 g/mol. The van der Waals surface area contributed by atoms with Crippen LogP contribution in [0.5, 0.6) is 0 Å². The predicted molar refractivity (Wildman–Crippen MR) is 79.9 cm³/mol. The molecule has 0 unspecified atom stereocenters. The minimum atomic E-state index is -4.14. The summed E-state index contributed by atoms with van der Waals surface area (Å²) in [6.45, 7) is 3.54. The molecule has 3 N–H and O–H groups in total. The van der Waals surface area contributed by atoms with Crippen molar-refractivity contribution in [2.24, 2.45) is 0 Å². The van der Waals surface area contributed by atoms with E-state index >= 15 is 0 Å². The van der Waals surface area contributed by atoms with Gasteiger partial charge in [0.15, 0.2) is 10.0 Å². The van der Waals surface area contributed by atoms with Crippen LogP contribution in [0.25, 0.3) is 0 Å². The van der Waals surface area contributed by atoms with Crippen molar-refractivity contribution in [2.45, 2.75) is 18.7 Å². The molecule has 0 aliphatic carbocycles. The standard InChI is InChI=1S/C11H12N4O4S2/c1-6-7(2)20-11(13-6)14-21(18,19)9-5-3-4-8(12)10(9)15(16)17/h3-5H,12H2,1-2H3,(H,13,14). The van der Waals surface area contributed by atoms with Gasteiger partial charge in [0.25, 0.3) is 10.0 Å². The third-order valence-corrected chi connectivity index (χ3v) is 5.24. The highest BCUT2D eigenvalue weighted by Crippen LogP contribution is 2.32. The first-order valence-electron chi connectivity index (χ1n) is 5.72. The molecule has 0 saturated heterocycles. The molecule has 2 rings (SSSR count). The smallest absolute Gasteiger partial charge is 0.312 e. The Morgan fingerprint density at radius 2 is 2.05 bits per heavy atom. The van der Waals surface area contributed by atoms with Gasteiger partial charge in [-0.1, -0.05) is 6.07 Å². The first-order valence-corrected chi connectivity index (χ1v) is 8.02. The summed E-state index contributed by atoms with van der Waals surface area (Å²) in [6.07, 6.45) is 0. The number of hydrogen-bond donors (Lipinski definition) is 2. The molecule has 0 atom stereocenters. The molecule has 0 saturated carbocycles. The number of nitrogens with zero attached hydrogens (tertiary/aromatic N) is 2. The van der Waals surface area contributed by atoms with E-state index in [9.17, 15) is 18.5 Å². The number of hydrogen-bond acceptors (Lipinski definition) is 7. The van der Waals surface area contributed by atoms with Crippen molar-refractivity contribution in [1.29, 1.82) is 0 Å². The lowest BCUT2D eigenvalue weighted by Gasteiger charge is -2.07. The average Bonchev–Trinajstić information content (AvgIpc) is 2.66. The fourth-order valence-electron chi connectivity index (χ4n) is 1.64. The van der Waals surface area contributed by atoms with E-state index in [0.29, 0.717) is 5.69 Å². The van der Waals surface area contributed by atoms with E-state index in [2.05, 4.69) is 9.71 Å². The van der Waals surface area contributed by atoms with Gasteiger partial charge in [-0.3, -0.25) is 14.8 Å².